The van der Waals surface area contributed by atoms with E-state index in [-0.39, 0.29) is 29.6 Å². The van der Waals surface area contributed by atoms with Gasteiger partial charge in [0.2, 0.25) is 29.5 Å². The van der Waals surface area contributed by atoms with Gasteiger partial charge in [0, 0.05) is 5.92 Å². The number of primary amides is 1. The third-order valence-electron chi connectivity index (χ3n) is 5.79. The standard InChI is InChI=1S/C24H45N7O6/c1-11(2)17(25)22(35)31-19(13(5)6)23(36)28-9-15(32)27-10-16(33)29-20(14(7)8)24(37)30-18(12(3)4)21(26)34/h11-14,17-20H,9-10,25H2,1-8H3,(H2,26,34)(H,27,32)(H,28,36)(H,29,33)(H,30,37)(H,31,35)/p+1/t17-,18+,19-,20+/m0/s1. The molecular formula is C24H46N7O6+. The van der Waals surface area contributed by atoms with Gasteiger partial charge in [-0.25, -0.2) is 0 Å². The van der Waals surface area contributed by atoms with Crippen molar-refractivity contribution in [3.8, 4) is 0 Å². The van der Waals surface area contributed by atoms with Crippen LogP contribution in [-0.2, 0) is 28.8 Å². The van der Waals surface area contributed by atoms with Gasteiger partial charge in [0.05, 0.1) is 13.1 Å². The predicted octanol–water partition coefficient (Wildman–Crippen LogP) is -2.61. The van der Waals surface area contributed by atoms with Crippen LogP contribution in [0.3, 0.4) is 0 Å². The van der Waals surface area contributed by atoms with Gasteiger partial charge in [0.25, 0.3) is 5.91 Å². The SMILES string of the molecule is CC(C)[C@H]([NH3+])C(=O)N[C@H](C(=O)NCC(=O)NCC(=O)N[C@@H](C(=O)N[C@@H](C(N)=O)C(C)C)C(C)C)C(C)C. The summed E-state index contributed by atoms with van der Waals surface area (Å²) in [6, 6.07) is -3.23. The molecule has 0 aromatic carbocycles. The maximum absolute atomic E-state index is 12.6. The van der Waals surface area contributed by atoms with E-state index in [0.717, 1.165) is 0 Å². The molecule has 0 aliphatic rings. The number of quaternary nitrogens is 1. The van der Waals surface area contributed by atoms with Crippen molar-refractivity contribution in [1.82, 2.24) is 26.6 Å². The fraction of sp³-hybridized carbons (Fsp3) is 0.750. The van der Waals surface area contributed by atoms with Gasteiger partial charge in [0.15, 0.2) is 6.04 Å². The average molecular weight is 529 g/mol. The normalized spacial score (nSPS) is 14.5. The Morgan fingerprint density at radius 1 is 0.568 bits per heavy atom. The molecule has 0 heterocycles. The van der Waals surface area contributed by atoms with E-state index in [9.17, 15) is 28.8 Å². The maximum Gasteiger partial charge on any atom is 0.279 e. The lowest BCUT2D eigenvalue weighted by Gasteiger charge is -2.26. The summed E-state index contributed by atoms with van der Waals surface area (Å²) in [7, 11) is 0. The molecule has 37 heavy (non-hydrogen) atoms. The molecule has 6 amide bonds. The van der Waals surface area contributed by atoms with Gasteiger partial charge >= 0.3 is 0 Å². The lowest BCUT2D eigenvalue weighted by molar-refractivity contribution is -0.414. The molecule has 0 unspecified atom stereocenters. The van der Waals surface area contributed by atoms with Crippen molar-refractivity contribution in [2.24, 2.45) is 29.4 Å². The highest BCUT2D eigenvalue weighted by atomic mass is 16.2. The topological polar surface area (TPSA) is 216 Å². The Hall–Kier alpha value is -3.22. The average Bonchev–Trinajstić information content (AvgIpc) is 2.79. The van der Waals surface area contributed by atoms with Gasteiger partial charge in [-0.05, 0) is 17.8 Å². The van der Waals surface area contributed by atoms with Crippen LogP contribution in [0.25, 0.3) is 0 Å². The Morgan fingerprint density at radius 3 is 1.43 bits per heavy atom. The molecule has 0 aliphatic heterocycles. The monoisotopic (exact) mass is 528 g/mol. The summed E-state index contributed by atoms with van der Waals surface area (Å²) in [6.07, 6.45) is 0. The molecule has 0 bridgehead atoms. The molecule has 0 spiro atoms. The Bertz CT molecular complexity index is 828. The molecular weight excluding hydrogens is 482 g/mol. The van der Waals surface area contributed by atoms with Crippen molar-refractivity contribution in [2.75, 3.05) is 13.1 Å². The van der Waals surface area contributed by atoms with Crippen molar-refractivity contribution in [2.45, 2.75) is 79.6 Å². The van der Waals surface area contributed by atoms with Crippen LogP contribution in [-0.4, -0.2) is 72.7 Å². The molecule has 0 fully saturated rings. The largest absolute Gasteiger partial charge is 0.368 e. The molecule has 0 aliphatic carbocycles. The molecule has 10 N–H and O–H groups in total. The van der Waals surface area contributed by atoms with Crippen LogP contribution in [0.1, 0.15) is 55.4 Å². The van der Waals surface area contributed by atoms with Gasteiger partial charge in [-0.1, -0.05) is 55.4 Å². The zero-order valence-electron chi connectivity index (χ0n) is 23.3. The fourth-order valence-corrected chi connectivity index (χ4v) is 3.19. The number of nitrogens with two attached hydrogens (primary N) is 1. The summed E-state index contributed by atoms with van der Waals surface area (Å²) in [5, 5.41) is 12.6. The minimum Gasteiger partial charge on any atom is -0.368 e. The van der Waals surface area contributed by atoms with Crippen LogP contribution in [0.4, 0.5) is 0 Å². The highest BCUT2D eigenvalue weighted by Gasteiger charge is 2.31. The van der Waals surface area contributed by atoms with E-state index in [4.69, 9.17) is 5.73 Å². The summed E-state index contributed by atoms with van der Waals surface area (Å²) in [4.78, 5) is 73.6. The van der Waals surface area contributed by atoms with Crippen molar-refractivity contribution < 1.29 is 34.5 Å². The van der Waals surface area contributed by atoms with Gasteiger partial charge in [0.1, 0.15) is 18.1 Å². The van der Waals surface area contributed by atoms with E-state index in [1.165, 1.54) is 0 Å². The summed E-state index contributed by atoms with van der Waals surface area (Å²) in [5.41, 5.74) is 9.14. The van der Waals surface area contributed by atoms with Gasteiger partial charge in [-0.3, -0.25) is 28.8 Å². The first-order valence-electron chi connectivity index (χ1n) is 12.6. The van der Waals surface area contributed by atoms with Crippen LogP contribution in [0.15, 0.2) is 0 Å². The van der Waals surface area contributed by atoms with Crippen LogP contribution in [0, 0.1) is 23.7 Å². The predicted molar refractivity (Wildman–Crippen MR) is 137 cm³/mol. The number of hydrogen-bond donors (Lipinski definition) is 7. The number of amides is 6. The van der Waals surface area contributed by atoms with Gasteiger partial charge in [-0.2, -0.15) is 0 Å². The third kappa shape index (κ3) is 12.0. The van der Waals surface area contributed by atoms with Gasteiger partial charge in [-0.15, -0.1) is 0 Å². The minimum absolute atomic E-state index is 0.00560. The highest BCUT2D eigenvalue weighted by Crippen LogP contribution is 2.06. The van der Waals surface area contributed by atoms with Crippen LogP contribution in [0.5, 0.6) is 0 Å². The third-order valence-corrected chi connectivity index (χ3v) is 5.79. The number of nitrogens with one attached hydrogen (secondary N) is 5. The zero-order valence-corrected chi connectivity index (χ0v) is 23.3. The number of hydrogen-bond acceptors (Lipinski definition) is 6. The Labute approximate surface area is 219 Å². The van der Waals surface area contributed by atoms with E-state index in [2.05, 4.69) is 32.3 Å². The Morgan fingerprint density at radius 2 is 1.00 bits per heavy atom. The lowest BCUT2D eigenvalue weighted by Crippen LogP contribution is -2.71. The number of carbonyl (C=O) groups is 6. The van der Waals surface area contributed by atoms with E-state index in [1.54, 1.807) is 41.5 Å². The fourth-order valence-electron chi connectivity index (χ4n) is 3.19. The molecule has 13 heteroatoms. The van der Waals surface area contributed by atoms with E-state index < -0.39 is 66.8 Å². The van der Waals surface area contributed by atoms with Gasteiger partial charge < -0.3 is 38.1 Å². The molecule has 0 saturated heterocycles. The molecule has 13 nitrogen and oxygen atoms in total. The molecule has 0 aromatic rings. The summed E-state index contributed by atoms with van der Waals surface area (Å²) in [5.74, 6) is -4.19. The first-order chi connectivity index (χ1) is 17.0. The summed E-state index contributed by atoms with van der Waals surface area (Å²) >= 11 is 0. The number of rotatable bonds is 15. The lowest BCUT2D eigenvalue weighted by atomic mass is 10.00. The minimum atomic E-state index is -0.956. The van der Waals surface area contributed by atoms with E-state index in [0.29, 0.717) is 0 Å². The van der Waals surface area contributed by atoms with Crippen LogP contribution < -0.4 is 38.1 Å². The van der Waals surface area contributed by atoms with Crippen molar-refractivity contribution in [1.29, 1.82) is 0 Å². The Kier molecular flexibility index (Phi) is 14.4. The maximum atomic E-state index is 12.6. The molecule has 0 radical (unpaired) electrons. The molecule has 0 saturated carbocycles. The van der Waals surface area contributed by atoms with E-state index in [1.807, 2.05) is 13.8 Å². The second-order valence-corrected chi connectivity index (χ2v) is 10.5. The van der Waals surface area contributed by atoms with Crippen molar-refractivity contribution in [3.05, 3.63) is 0 Å². The van der Waals surface area contributed by atoms with Crippen molar-refractivity contribution in [3.63, 3.8) is 0 Å². The smallest absolute Gasteiger partial charge is 0.279 e. The molecule has 0 aromatic heterocycles. The van der Waals surface area contributed by atoms with Crippen LogP contribution >= 0.6 is 0 Å². The number of carbonyl (C=O) groups excluding carboxylic acids is 6. The molecule has 0 rings (SSSR count). The van der Waals surface area contributed by atoms with Crippen molar-refractivity contribution >= 4 is 35.4 Å². The molecule has 4 atom stereocenters. The zero-order chi connectivity index (χ0) is 29.0. The Balaban J connectivity index is 4.86. The summed E-state index contributed by atoms with van der Waals surface area (Å²) < 4.78 is 0. The second-order valence-electron chi connectivity index (χ2n) is 10.5. The van der Waals surface area contributed by atoms with E-state index >= 15 is 0 Å². The molecule has 212 valence electrons. The van der Waals surface area contributed by atoms with Crippen LogP contribution in [0.2, 0.25) is 0 Å². The second kappa shape index (κ2) is 15.8. The quantitative estimate of drug-likeness (QED) is 0.121. The first-order valence-corrected chi connectivity index (χ1v) is 12.6. The first kappa shape index (κ1) is 33.8. The highest BCUT2D eigenvalue weighted by molar-refractivity contribution is 5.94. The summed E-state index contributed by atoms with van der Waals surface area (Å²) in [6.45, 7) is 13.3.